The van der Waals surface area contributed by atoms with E-state index in [9.17, 15) is 4.79 Å². The molecule has 2 rings (SSSR count). The van der Waals surface area contributed by atoms with E-state index in [2.05, 4.69) is 10.3 Å². The fourth-order valence-corrected chi connectivity index (χ4v) is 2.43. The first kappa shape index (κ1) is 13.1. The summed E-state index contributed by atoms with van der Waals surface area (Å²) in [7, 11) is 0. The molecule has 94 valence electrons. The number of carbonyl (C=O) groups is 1. The van der Waals surface area contributed by atoms with Gasteiger partial charge in [-0.25, -0.2) is 4.98 Å². The van der Waals surface area contributed by atoms with Gasteiger partial charge in [-0.3, -0.25) is 10.1 Å². The minimum absolute atomic E-state index is 0.177. The molecule has 0 aliphatic rings. The van der Waals surface area contributed by atoms with Crippen molar-refractivity contribution in [2.45, 2.75) is 6.92 Å². The van der Waals surface area contributed by atoms with Crippen molar-refractivity contribution in [3.8, 4) is 0 Å². The third kappa shape index (κ3) is 2.75. The van der Waals surface area contributed by atoms with Crippen molar-refractivity contribution in [1.82, 2.24) is 4.98 Å². The lowest BCUT2D eigenvalue weighted by Crippen LogP contribution is -2.12. The molecule has 0 bridgehead atoms. The van der Waals surface area contributed by atoms with Crippen molar-refractivity contribution >= 4 is 51.3 Å². The highest BCUT2D eigenvalue weighted by molar-refractivity contribution is 7.15. The maximum Gasteiger partial charge on any atom is 0.259 e. The number of halogens is 2. The van der Waals surface area contributed by atoms with E-state index >= 15 is 0 Å². The predicted molar refractivity (Wildman–Crippen MR) is 75.7 cm³/mol. The molecule has 1 amide bonds. The number of aromatic nitrogens is 1. The number of anilines is 2. The highest BCUT2D eigenvalue weighted by Gasteiger charge is 2.15. The fraction of sp³-hybridized carbons (Fsp3) is 0.0909. The van der Waals surface area contributed by atoms with E-state index in [-0.39, 0.29) is 21.5 Å². The van der Waals surface area contributed by atoms with Gasteiger partial charge in [0, 0.05) is 16.8 Å². The van der Waals surface area contributed by atoms with Crippen molar-refractivity contribution < 1.29 is 4.79 Å². The van der Waals surface area contributed by atoms with Gasteiger partial charge in [-0.2, -0.15) is 0 Å². The summed E-state index contributed by atoms with van der Waals surface area (Å²) in [4.78, 5) is 17.0. The molecular weight excluding hydrogens is 293 g/mol. The molecule has 0 fully saturated rings. The number of benzene rings is 1. The van der Waals surface area contributed by atoms with Gasteiger partial charge in [-0.1, -0.05) is 23.2 Å². The van der Waals surface area contributed by atoms with Gasteiger partial charge >= 0.3 is 0 Å². The van der Waals surface area contributed by atoms with Crippen LogP contribution in [-0.2, 0) is 0 Å². The lowest BCUT2D eigenvalue weighted by molar-refractivity contribution is 0.102. The van der Waals surface area contributed by atoms with Gasteiger partial charge in [-0.15, -0.1) is 11.3 Å². The highest BCUT2D eigenvalue weighted by Crippen LogP contribution is 2.29. The summed E-state index contributed by atoms with van der Waals surface area (Å²) in [6.45, 7) is 1.90. The van der Waals surface area contributed by atoms with Gasteiger partial charge in [0.1, 0.15) is 0 Å². The lowest BCUT2D eigenvalue weighted by Gasteiger charge is -2.06. The molecule has 4 nitrogen and oxygen atoms in total. The van der Waals surface area contributed by atoms with Crippen LogP contribution in [0.2, 0.25) is 10.0 Å². The average Bonchev–Trinajstić information content (AvgIpc) is 2.69. The quantitative estimate of drug-likeness (QED) is 0.833. The van der Waals surface area contributed by atoms with E-state index in [0.717, 1.165) is 4.88 Å². The number of nitrogens with two attached hydrogens (primary N) is 1. The van der Waals surface area contributed by atoms with Gasteiger partial charge in [0.25, 0.3) is 5.91 Å². The topological polar surface area (TPSA) is 68.0 Å². The Morgan fingerprint density at radius 1 is 1.44 bits per heavy atom. The van der Waals surface area contributed by atoms with Crippen LogP contribution in [0.5, 0.6) is 0 Å². The van der Waals surface area contributed by atoms with E-state index in [1.54, 1.807) is 6.20 Å². The average molecular weight is 302 g/mol. The number of hydrogen-bond acceptors (Lipinski definition) is 4. The SMILES string of the molecule is Cc1cnc(NC(=O)c2cc(N)cc(Cl)c2Cl)s1. The van der Waals surface area contributed by atoms with E-state index < -0.39 is 0 Å². The molecule has 0 saturated heterocycles. The Bertz CT molecular complexity index is 612. The number of nitrogens with one attached hydrogen (secondary N) is 1. The van der Waals surface area contributed by atoms with Crippen LogP contribution >= 0.6 is 34.5 Å². The van der Waals surface area contributed by atoms with Crippen LogP contribution in [-0.4, -0.2) is 10.9 Å². The number of thiazole rings is 1. The zero-order valence-corrected chi connectivity index (χ0v) is 11.7. The predicted octanol–water partition coefficient (Wildman–Crippen LogP) is 3.59. The number of amides is 1. The lowest BCUT2D eigenvalue weighted by atomic mass is 10.2. The number of aryl methyl sites for hydroxylation is 1. The first-order valence-electron chi connectivity index (χ1n) is 4.95. The molecule has 0 aliphatic carbocycles. The largest absolute Gasteiger partial charge is 0.399 e. The second-order valence-corrected chi connectivity index (χ2v) is 5.61. The Morgan fingerprint density at radius 2 is 2.17 bits per heavy atom. The molecule has 0 saturated carbocycles. The minimum Gasteiger partial charge on any atom is -0.399 e. The third-order valence-electron chi connectivity index (χ3n) is 2.14. The maximum absolute atomic E-state index is 12.0. The first-order chi connectivity index (χ1) is 8.47. The Morgan fingerprint density at radius 3 is 2.78 bits per heavy atom. The molecule has 1 aromatic carbocycles. The summed E-state index contributed by atoms with van der Waals surface area (Å²) in [6, 6.07) is 2.97. The minimum atomic E-state index is -0.386. The van der Waals surface area contributed by atoms with Crippen molar-refractivity contribution in [1.29, 1.82) is 0 Å². The smallest absolute Gasteiger partial charge is 0.259 e. The molecule has 2 aromatic rings. The molecule has 3 N–H and O–H groups in total. The standard InChI is InChI=1S/C11H9Cl2N3OS/c1-5-4-15-11(18-5)16-10(17)7-2-6(14)3-8(12)9(7)13/h2-4H,14H2,1H3,(H,15,16,17). The van der Waals surface area contributed by atoms with Crippen molar-refractivity contribution in [3.05, 3.63) is 38.8 Å². The number of carbonyl (C=O) groups excluding carboxylic acids is 1. The maximum atomic E-state index is 12.0. The van der Waals surface area contributed by atoms with Crippen LogP contribution in [0.1, 0.15) is 15.2 Å². The molecule has 0 aliphatic heterocycles. The van der Waals surface area contributed by atoms with Crippen LogP contribution in [0.15, 0.2) is 18.3 Å². The first-order valence-corrected chi connectivity index (χ1v) is 6.53. The van der Waals surface area contributed by atoms with Gasteiger partial charge in [0.2, 0.25) is 0 Å². The second-order valence-electron chi connectivity index (χ2n) is 3.59. The Balaban J connectivity index is 2.29. The van der Waals surface area contributed by atoms with Crippen molar-refractivity contribution in [3.63, 3.8) is 0 Å². The molecule has 7 heteroatoms. The van der Waals surface area contributed by atoms with Crippen LogP contribution in [0, 0.1) is 6.92 Å². The Hall–Kier alpha value is -1.30. The Labute approximate surface area is 118 Å². The zero-order chi connectivity index (χ0) is 13.3. The molecular formula is C11H9Cl2N3OS. The molecule has 0 radical (unpaired) electrons. The van der Waals surface area contributed by atoms with E-state index in [0.29, 0.717) is 10.8 Å². The number of rotatable bonds is 2. The van der Waals surface area contributed by atoms with Gasteiger partial charge in [0.15, 0.2) is 5.13 Å². The van der Waals surface area contributed by atoms with E-state index in [1.165, 1.54) is 23.5 Å². The van der Waals surface area contributed by atoms with E-state index in [4.69, 9.17) is 28.9 Å². The van der Waals surface area contributed by atoms with Crippen molar-refractivity contribution in [2.24, 2.45) is 0 Å². The molecule has 0 unspecified atom stereocenters. The summed E-state index contributed by atoms with van der Waals surface area (Å²) in [6.07, 6.45) is 1.67. The monoisotopic (exact) mass is 301 g/mol. The molecule has 1 aromatic heterocycles. The second kappa shape index (κ2) is 5.14. The summed E-state index contributed by atoms with van der Waals surface area (Å²) in [5.74, 6) is -0.386. The van der Waals surface area contributed by atoms with Crippen molar-refractivity contribution in [2.75, 3.05) is 11.1 Å². The summed E-state index contributed by atoms with van der Waals surface area (Å²) < 4.78 is 0. The summed E-state index contributed by atoms with van der Waals surface area (Å²) in [5, 5.41) is 3.58. The normalized spacial score (nSPS) is 10.4. The summed E-state index contributed by atoms with van der Waals surface area (Å²) >= 11 is 13.2. The highest BCUT2D eigenvalue weighted by atomic mass is 35.5. The van der Waals surface area contributed by atoms with Crippen LogP contribution in [0.3, 0.4) is 0 Å². The van der Waals surface area contributed by atoms with Gasteiger partial charge < -0.3 is 5.73 Å². The molecule has 0 spiro atoms. The Kier molecular flexibility index (Phi) is 3.75. The van der Waals surface area contributed by atoms with Gasteiger partial charge in [0.05, 0.1) is 15.6 Å². The third-order valence-corrected chi connectivity index (χ3v) is 3.77. The molecule has 18 heavy (non-hydrogen) atoms. The number of nitrogen functional groups attached to an aromatic ring is 1. The molecule has 0 atom stereocenters. The number of nitrogens with zero attached hydrogens (tertiary/aromatic N) is 1. The fourth-order valence-electron chi connectivity index (χ4n) is 1.35. The van der Waals surface area contributed by atoms with E-state index in [1.807, 2.05) is 6.92 Å². The summed E-state index contributed by atoms with van der Waals surface area (Å²) in [5.41, 5.74) is 6.24. The van der Waals surface area contributed by atoms with Crippen LogP contribution in [0.25, 0.3) is 0 Å². The molecule has 1 heterocycles. The van der Waals surface area contributed by atoms with Crippen LogP contribution in [0.4, 0.5) is 10.8 Å². The zero-order valence-electron chi connectivity index (χ0n) is 9.33. The van der Waals surface area contributed by atoms with Gasteiger partial charge in [-0.05, 0) is 19.1 Å². The number of hydrogen-bond donors (Lipinski definition) is 2. The van der Waals surface area contributed by atoms with Crippen LogP contribution < -0.4 is 11.1 Å².